The molecule has 2 N–H and O–H groups in total. The standard InChI is InChI=1S/C48H78N8O7/c1-5-55(6-2)47(59)37-13-23-53(24-14-37)35-41-9-11-45(62-41)43(57)33-49-21-31-51-27-17-39(18-28-51)61-40-19-29-52(30-20-40)32-22-50-34-44(58)46-12-10-42(63-46)36-54-25-15-38(16-26-54)48(60)56(7-3)8-4/h9-12,37-40,49-50H,5-8,13-36H2,1-4H3. The number of Topliss-reactive ketones (excluding diaryl/α,β-unsaturated/α-hetero) is 2. The number of nitrogens with zero attached hydrogens (tertiary/aromatic N) is 6. The van der Waals surface area contributed by atoms with Gasteiger partial charge < -0.3 is 43.8 Å². The van der Waals surface area contributed by atoms with Crippen LogP contribution in [-0.4, -0.2) is 183 Å². The Labute approximate surface area is 376 Å². The number of likely N-dealkylation sites (tertiary alicyclic amines) is 4. The second-order valence-electron chi connectivity index (χ2n) is 18.1. The normalized spacial score (nSPS) is 19.7. The number of amides is 2. The quantitative estimate of drug-likeness (QED) is 0.115. The molecule has 6 heterocycles. The summed E-state index contributed by atoms with van der Waals surface area (Å²) >= 11 is 0. The lowest BCUT2D eigenvalue weighted by molar-refractivity contribution is -0.137. The van der Waals surface area contributed by atoms with E-state index >= 15 is 0 Å². The fourth-order valence-electron chi connectivity index (χ4n) is 9.79. The molecule has 6 rings (SSSR count). The van der Waals surface area contributed by atoms with Gasteiger partial charge in [0, 0.05) is 90.4 Å². The molecule has 2 amide bonds. The summed E-state index contributed by atoms with van der Waals surface area (Å²) in [5, 5.41) is 6.64. The van der Waals surface area contributed by atoms with E-state index in [9.17, 15) is 19.2 Å². The summed E-state index contributed by atoms with van der Waals surface area (Å²) in [6, 6.07) is 7.39. The summed E-state index contributed by atoms with van der Waals surface area (Å²) in [5.41, 5.74) is 0. The van der Waals surface area contributed by atoms with E-state index in [4.69, 9.17) is 13.6 Å². The Bertz CT molecular complexity index is 1570. The van der Waals surface area contributed by atoms with Crippen LogP contribution < -0.4 is 10.6 Å². The first-order valence-corrected chi connectivity index (χ1v) is 24.4. The maximum atomic E-state index is 12.8. The largest absolute Gasteiger partial charge is 0.457 e. The molecule has 2 aromatic rings. The molecule has 0 aromatic carbocycles. The molecule has 352 valence electrons. The lowest BCUT2D eigenvalue weighted by Crippen LogP contribution is -2.44. The van der Waals surface area contributed by atoms with Gasteiger partial charge in [0.2, 0.25) is 23.4 Å². The van der Waals surface area contributed by atoms with Crippen molar-refractivity contribution in [3.63, 3.8) is 0 Å². The van der Waals surface area contributed by atoms with Crippen LogP contribution in [0.4, 0.5) is 0 Å². The highest BCUT2D eigenvalue weighted by Crippen LogP contribution is 2.25. The van der Waals surface area contributed by atoms with Crippen molar-refractivity contribution >= 4 is 23.4 Å². The first-order valence-electron chi connectivity index (χ1n) is 24.4. The molecule has 0 atom stereocenters. The number of furan rings is 2. The Balaban J connectivity index is 0.757. The number of hydrogen-bond donors (Lipinski definition) is 2. The van der Waals surface area contributed by atoms with Crippen molar-refractivity contribution in [2.75, 3.05) is 118 Å². The van der Waals surface area contributed by atoms with Crippen LogP contribution in [0.5, 0.6) is 0 Å². The van der Waals surface area contributed by atoms with Gasteiger partial charge in [-0.05, 0) is 130 Å². The van der Waals surface area contributed by atoms with Crippen LogP contribution in [0.15, 0.2) is 33.1 Å². The fourth-order valence-corrected chi connectivity index (χ4v) is 9.79. The third-order valence-electron chi connectivity index (χ3n) is 13.9. The molecule has 0 aliphatic carbocycles. The van der Waals surface area contributed by atoms with Crippen LogP contribution in [0.25, 0.3) is 0 Å². The molecule has 0 bridgehead atoms. The van der Waals surface area contributed by atoms with Crippen LogP contribution in [-0.2, 0) is 27.4 Å². The molecule has 4 saturated heterocycles. The van der Waals surface area contributed by atoms with Gasteiger partial charge in [0.25, 0.3) is 0 Å². The van der Waals surface area contributed by atoms with Crippen LogP contribution in [0.3, 0.4) is 0 Å². The number of piperidine rings is 4. The summed E-state index contributed by atoms with van der Waals surface area (Å²) < 4.78 is 18.5. The average molecular weight is 879 g/mol. The molecule has 4 aliphatic heterocycles. The average Bonchev–Trinajstić information content (AvgIpc) is 3.99. The Kier molecular flexibility index (Phi) is 19.7. The van der Waals surface area contributed by atoms with Gasteiger partial charge in [0.1, 0.15) is 11.5 Å². The highest BCUT2D eigenvalue weighted by molar-refractivity contribution is 5.95. The second kappa shape index (κ2) is 25.3. The van der Waals surface area contributed by atoms with Gasteiger partial charge in [0.15, 0.2) is 11.5 Å². The summed E-state index contributed by atoms with van der Waals surface area (Å²) in [5.74, 6) is 3.12. The lowest BCUT2D eigenvalue weighted by atomic mass is 9.95. The van der Waals surface area contributed by atoms with Crippen molar-refractivity contribution in [2.24, 2.45) is 11.8 Å². The summed E-state index contributed by atoms with van der Waals surface area (Å²) in [4.78, 5) is 64.6. The van der Waals surface area contributed by atoms with E-state index in [1.165, 1.54) is 0 Å². The third kappa shape index (κ3) is 14.8. The van der Waals surface area contributed by atoms with Crippen molar-refractivity contribution in [3.05, 3.63) is 47.3 Å². The first kappa shape index (κ1) is 49.0. The molecular weight excluding hydrogens is 801 g/mol. The molecule has 0 saturated carbocycles. The highest BCUT2D eigenvalue weighted by atomic mass is 16.5. The fraction of sp³-hybridized carbons (Fsp3) is 0.750. The molecule has 63 heavy (non-hydrogen) atoms. The number of ketones is 2. The number of carbonyl (C=O) groups excluding carboxylic acids is 4. The van der Waals surface area contributed by atoms with Crippen molar-refractivity contribution in [1.82, 2.24) is 40.0 Å². The van der Waals surface area contributed by atoms with Gasteiger partial charge >= 0.3 is 0 Å². The van der Waals surface area contributed by atoms with Crippen LogP contribution in [0.1, 0.15) is 112 Å². The van der Waals surface area contributed by atoms with E-state index in [0.717, 1.165) is 168 Å². The zero-order valence-corrected chi connectivity index (χ0v) is 39.0. The van der Waals surface area contributed by atoms with Crippen LogP contribution in [0, 0.1) is 11.8 Å². The summed E-state index contributed by atoms with van der Waals surface area (Å²) in [6.07, 6.45) is 8.20. The molecule has 15 nitrogen and oxygen atoms in total. The maximum absolute atomic E-state index is 12.8. The van der Waals surface area contributed by atoms with Gasteiger partial charge in [-0.25, -0.2) is 0 Å². The van der Waals surface area contributed by atoms with Crippen LogP contribution in [0.2, 0.25) is 0 Å². The van der Waals surface area contributed by atoms with Gasteiger partial charge in [-0.2, -0.15) is 0 Å². The molecule has 15 heteroatoms. The van der Waals surface area contributed by atoms with E-state index in [2.05, 4.69) is 30.2 Å². The number of nitrogens with one attached hydrogen (secondary N) is 2. The smallest absolute Gasteiger partial charge is 0.225 e. The number of hydrogen-bond acceptors (Lipinski definition) is 13. The lowest BCUT2D eigenvalue weighted by Gasteiger charge is -2.37. The minimum Gasteiger partial charge on any atom is -0.457 e. The van der Waals surface area contributed by atoms with Crippen molar-refractivity contribution in [3.8, 4) is 0 Å². The Morgan fingerprint density at radius 1 is 0.540 bits per heavy atom. The van der Waals surface area contributed by atoms with Gasteiger partial charge in [-0.3, -0.25) is 29.0 Å². The predicted octanol–water partition coefficient (Wildman–Crippen LogP) is 4.22. The number of ether oxygens (including phenoxy) is 1. The maximum Gasteiger partial charge on any atom is 0.225 e. The Morgan fingerprint density at radius 3 is 1.24 bits per heavy atom. The minimum atomic E-state index is -0.0289. The molecule has 0 spiro atoms. The SMILES string of the molecule is CCN(CC)C(=O)C1CCN(Cc2ccc(C(=O)CNCCN3CCC(OC4CCN(CCNCC(=O)c5ccc(CN6CCC(C(=O)N(CC)CC)CC6)o5)CC4)CC3)o2)CC1. The molecule has 0 radical (unpaired) electrons. The minimum absolute atomic E-state index is 0.0289. The molecule has 4 fully saturated rings. The number of rotatable bonds is 24. The third-order valence-corrected chi connectivity index (χ3v) is 13.9. The molecule has 2 aromatic heterocycles. The topological polar surface area (TPSA) is 147 Å². The molecule has 0 unspecified atom stereocenters. The second-order valence-corrected chi connectivity index (χ2v) is 18.1. The molecule has 4 aliphatic rings. The van der Waals surface area contributed by atoms with E-state index in [1.54, 1.807) is 12.1 Å². The summed E-state index contributed by atoms with van der Waals surface area (Å²) in [6.45, 7) is 23.8. The van der Waals surface area contributed by atoms with Crippen molar-refractivity contribution in [1.29, 1.82) is 0 Å². The summed E-state index contributed by atoms with van der Waals surface area (Å²) in [7, 11) is 0. The van der Waals surface area contributed by atoms with Crippen LogP contribution >= 0.6 is 0 Å². The van der Waals surface area contributed by atoms with Gasteiger partial charge in [-0.15, -0.1) is 0 Å². The predicted molar refractivity (Wildman–Crippen MR) is 244 cm³/mol. The van der Waals surface area contributed by atoms with Crippen molar-refractivity contribution in [2.45, 2.75) is 104 Å². The van der Waals surface area contributed by atoms with E-state index < -0.39 is 0 Å². The zero-order valence-electron chi connectivity index (χ0n) is 39.0. The van der Waals surface area contributed by atoms with E-state index in [1.807, 2.05) is 49.6 Å². The van der Waals surface area contributed by atoms with E-state index in [0.29, 0.717) is 36.8 Å². The Morgan fingerprint density at radius 2 is 0.889 bits per heavy atom. The zero-order chi connectivity index (χ0) is 44.6. The molecular formula is C48H78N8O7. The monoisotopic (exact) mass is 879 g/mol. The van der Waals surface area contributed by atoms with Crippen molar-refractivity contribution < 1.29 is 32.7 Å². The number of carbonyl (C=O) groups is 4. The van der Waals surface area contributed by atoms with Gasteiger partial charge in [-0.1, -0.05) is 0 Å². The Hall–Kier alpha value is -3.44. The van der Waals surface area contributed by atoms with Gasteiger partial charge in [0.05, 0.1) is 38.4 Å². The van der Waals surface area contributed by atoms with E-state index in [-0.39, 0.29) is 48.3 Å². The first-order chi connectivity index (χ1) is 30.7. The highest BCUT2D eigenvalue weighted by Gasteiger charge is 2.30.